The van der Waals surface area contributed by atoms with Crippen molar-refractivity contribution in [1.29, 1.82) is 0 Å². The third kappa shape index (κ3) is 19.6. The average Bonchev–Trinajstić information content (AvgIpc) is 2.59. The van der Waals surface area contributed by atoms with Crippen LogP contribution in [0.3, 0.4) is 0 Å². The molecule has 0 spiro atoms. The maximum Gasteiger partial charge on any atom is 0.308 e. The Morgan fingerprint density at radius 2 is 1.16 bits per heavy atom. The lowest BCUT2D eigenvalue weighted by Gasteiger charge is -2.10. The van der Waals surface area contributed by atoms with Crippen molar-refractivity contribution in [1.82, 2.24) is 0 Å². The number of hydrogen-bond acceptors (Lipinski definition) is 3. The van der Waals surface area contributed by atoms with E-state index in [4.69, 9.17) is 4.74 Å². The molecular weight excluding hydrogens is 312 g/mol. The summed E-state index contributed by atoms with van der Waals surface area (Å²) >= 11 is 0. The zero-order chi connectivity index (χ0) is 18.6. The summed E-state index contributed by atoms with van der Waals surface area (Å²) in [6.07, 6.45) is 19.0. The quantitative estimate of drug-likeness (QED) is 0.210. The van der Waals surface area contributed by atoms with Crippen LogP contribution in [0.15, 0.2) is 0 Å². The van der Waals surface area contributed by atoms with Gasteiger partial charge in [-0.15, -0.1) is 0 Å². The standard InChI is InChI=1S/C22H44O3/c1-3-5-7-9-10-11-12-13-15-17-19-25-22(24)20-21(23)18-16-14-8-6-4-2/h21,23H,3-20H2,1-2H3. The van der Waals surface area contributed by atoms with Crippen LogP contribution >= 0.6 is 0 Å². The molecule has 0 amide bonds. The average molecular weight is 357 g/mol. The fraction of sp³-hybridized carbons (Fsp3) is 0.955. The molecule has 0 aromatic rings. The van der Waals surface area contributed by atoms with Crippen molar-refractivity contribution in [3.8, 4) is 0 Å². The van der Waals surface area contributed by atoms with E-state index in [2.05, 4.69) is 13.8 Å². The first-order valence-electron chi connectivity index (χ1n) is 11.0. The van der Waals surface area contributed by atoms with Crippen molar-refractivity contribution in [2.24, 2.45) is 0 Å². The molecule has 0 saturated heterocycles. The number of ether oxygens (including phenoxy) is 1. The smallest absolute Gasteiger partial charge is 0.308 e. The third-order valence-electron chi connectivity index (χ3n) is 4.80. The van der Waals surface area contributed by atoms with Crippen molar-refractivity contribution in [3.05, 3.63) is 0 Å². The van der Waals surface area contributed by atoms with Crippen molar-refractivity contribution < 1.29 is 14.6 Å². The Morgan fingerprint density at radius 3 is 1.68 bits per heavy atom. The zero-order valence-electron chi connectivity index (χ0n) is 17.1. The van der Waals surface area contributed by atoms with Crippen LogP contribution in [0.2, 0.25) is 0 Å². The highest BCUT2D eigenvalue weighted by Gasteiger charge is 2.11. The van der Waals surface area contributed by atoms with Gasteiger partial charge in [0.1, 0.15) is 0 Å². The van der Waals surface area contributed by atoms with E-state index >= 15 is 0 Å². The Hall–Kier alpha value is -0.570. The van der Waals surface area contributed by atoms with Crippen molar-refractivity contribution >= 4 is 5.97 Å². The van der Waals surface area contributed by atoms with Gasteiger partial charge in [-0.1, -0.05) is 104 Å². The molecule has 25 heavy (non-hydrogen) atoms. The second-order valence-corrected chi connectivity index (χ2v) is 7.46. The minimum absolute atomic E-state index is 0.158. The lowest BCUT2D eigenvalue weighted by atomic mass is 10.1. The molecule has 3 heteroatoms. The molecule has 1 unspecified atom stereocenters. The van der Waals surface area contributed by atoms with Gasteiger partial charge in [-0.05, 0) is 12.8 Å². The Morgan fingerprint density at radius 1 is 0.720 bits per heavy atom. The number of carbonyl (C=O) groups excluding carboxylic acids is 1. The molecule has 1 N–H and O–H groups in total. The highest BCUT2D eigenvalue weighted by molar-refractivity contribution is 5.69. The fourth-order valence-corrected chi connectivity index (χ4v) is 3.11. The zero-order valence-corrected chi connectivity index (χ0v) is 17.1. The molecule has 0 aliphatic carbocycles. The topological polar surface area (TPSA) is 46.5 Å². The van der Waals surface area contributed by atoms with Gasteiger partial charge in [0.05, 0.1) is 19.1 Å². The summed E-state index contributed by atoms with van der Waals surface area (Å²) < 4.78 is 5.23. The highest BCUT2D eigenvalue weighted by Crippen LogP contribution is 2.12. The summed E-state index contributed by atoms with van der Waals surface area (Å²) in [5.74, 6) is -0.239. The molecule has 3 nitrogen and oxygen atoms in total. The summed E-state index contributed by atoms with van der Waals surface area (Å²) in [6.45, 7) is 4.96. The first-order chi connectivity index (χ1) is 12.2. The monoisotopic (exact) mass is 356 g/mol. The molecule has 150 valence electrons. The van der Waals surface area contributed by atoms with Crippen LogP contribution in [0, 0.1) is 0 Å². The molecule has 1 atom stereocenters. The number of rotatable bonds is 19. The molecule has 0 saturated carbocycles. The number of aliphatic hydroxyl groups excluding tert-OH is 1. The molecule has 0 aliphatic rings. The summed E-state index contributed by atoms with van der Waals surface area (Å²) in [4.78, 5) is 11.7. The molecule has 0 heterocycles. The maximum atomic E-state index is 11.7. The maximum absolute atomic E-state index is 11.7. The largest absolute Gasteiger partial charge is 0.466 e. The van der Waals surface area contributed by atoms with Gasteiger partial charge >= 0.3 is 5.97 Å². The molecule has 0 aromatic carbocycles. The number of carbonyl (C=O) groups is 1. The Balaban J connectivity index is 3.29. The van der Waals surface area contributed by atoms with Gasteiger partial charge < -0.3 is 9.84 Å². The van der Waals surface area contributed by atoms with Crippen molar-refractivity contribution in [3.63, 3.8) is 0 Å². The molecular formula is C22H44O3. The van der Waals surface area contributed by atoms with E-state index in [0.717, 1.165) is 32.1 Å². The number of unbranched alkanes of at least 4 members (excludes halogenated alkanes) is 13. The first kappa shape index (κ1) is 24.4. The Bertz CT molecular complexity index is 278. The lowest BCUT2D eigenvalue weighted by Crippen LogP contribution is -2.16. The van der Waals surface area contributed by atoms with Gasteiger partial charge in [0.2, 0.25) is 0 Å². The van der Waals surface area contributed by atoms with E-state index in [1.54, 1.807) is 0 Å². The van der Waals surface area contributed by atoms with Gasteiger partial charge in [0, 0.05) is 0 Å². The highest BCUT2D eigenvalue weighted by atomic mass is 16.5. The first-order valence-corrected chi connectivity index (χ1v) is 11.0. The van der Waals surface area contributed by atoms with Crippen LogP contribution in [0.25, 0.3) is 0 Å². The Kier molecular flexibility index (Phi) is 19.3. The predicted octanol–water partition coefficient (Wildman–Crippen LogP) is 6.56. The van der Waals surface area contributed by atoms with Gasteiger partial charge in [0.25, 0.3) is 0 Å². The summed E-state index contributed by atoms with van der Waals surface area (Å²) in [5.41, 5.74) is 0. The predicted molar refractivity (Wildman–Crippen MR) is 107 cm³/mol. The molecule has 0 aromatic heterocycles. The van der Waals surface area contributed by atoms with E-state index in [0.29, 0.717) is 6.61 Å². The molecule has 0 fully saturated rings. The van der Waals surface area contributed by atoms with Gasteiger partial charge in [-0.2, -0.15) is 0 Å². The normalized spacial score (nSPS) is 12.3. The minimum atomic E-state index is -0.526. The molecule has 0 rings (SSSR count). The van der Waals surface area contributed by atoms with E-state index in [1.807, 2.05) is 0 Å². The van der Waals surface area contributed by atoms with Gasteiger partial charge in [-0.3, -0.25) is 4.79 Å². The summed E-state index contributed by atoms with van der Waals surface area (Å²) in [7, 11) is 0. The van der Waals surface area contributed by atoms with E-state index < -0.39 is 6.10 Å². The van der Waals surface area contributed by atoms with Crippen molar-refractivity contribution in [2.75, 3.05) is 6.61 Å². The number of aliphatic hydroxyl groups is 1. The number of hydrogen-bond donors (Lipinski definition) is 1. The van der Waals surface area contributed by atoms with Gasteiger partial charge in [0.15, 0.2) is 0 Å². The second-order valence-electron chi connectivity index (χ2n) is 7.46. The molecule has 0 aliphatic heterocycles. The van der Waals surface area contributed by atoms with Crippen LogP contribution < -0.4 is 0 Å². The fourth-order valence-electron chi connectivity index (χ4n) is 3.11. The van der Waals surface area contributed by atoms with Crippen LogP contribution in [-0.4, -0.2) is 23.8 Å². The van der Waals surface area contributed by atoms with Crippen LogP contribution in [0.1, 0.15) is 123 Å². The molecule has 0 bridgehead atoms. The third-order valence-corrected chi connectivity index (χ3v) is 4.80. The van der Waals surface area contributed by atoms with Gasteiger partial charge in [-0.25, -0.2) is 0 Å². The van der Waals surface area contributed by atoms with Crippen molar-refractivity contribution in [2.45, 2.75) is 129 Å². The summed E-state index contributed by atoms with van der Waals surface area (Å²) in [5, 5.41) is 9.85. The lowest BCUT2D eigenvalue weighted by molar-refractivity contribution is -0.146. The van der Waals surface area contributed by atoms with E-state index in [9.17, 15) is 9.90 Å². The van der Waals surface area contributed by atoms with Crippen LogP contribution in [0.5, 0.6) is 0 Å². The molecule has 0 radical (unpaired) electrons. The van der Waals surface area contributed by atoms with Crippen LogP contribution in [-0.2, 0) is 9.53 Å². The van der Waals surface area contributed by atoms with E-state index in [1.165, 1.54) is 70.6 Å². The summed E-state index contributed by atoms with van der Waals surface area (Å²) in [6, 6.07) is 0. The second kappa shape index (κ2) is 19.8. The SMILES string of the molecule is CCCCCCCCCCCCOC(=O)CC(O)CCCCCCC. The van der Waals surface area contributed by atoms with E-state index in [-0.39, 0.29) is 12.4 Å². The minimum Gasteiger partial charge on any atom is -0.466 e. The Labute approximate surface area is 156 Å². The number of esters is 1. The van der Waals surface area contributed by atoms with Crippen LogP contribution in [0.4, 0.5) is 0 Å².